The molecule has 1 aromatic heterocycles. The van der Waals surface area contributed by atoms with Gasteiger partial charge in [-0.25, -0.2) is 9.37 Å². The second-order valence-corrected chi connectivity index (χ2v) is 7.90. The third kappa shape index (κ3) is 3.53. The number of aromatic nitrogens is 2. The number of carbonyl (C=O) groups is 1. The number of benzene rings is 3. The van der Waals surface area contributed by atoms with E-state index in [4.69, 9.17) is 14.5 Å². The molecule has 8 heteroatoms. The summed E-state index contributed by atoms with van der Waals surface area (Å²) in [4.78, 5) is 18.4. The molecule has 3 aromatic carbocycles. The van der Waals surface area contributed by atoms with Crippen molar-refractivity contribution >= 4 is 28.6 Å². The fraction of sp³-hybridized carbons (Fsp3) is 0.154. The second kappa shape index (κ2) is 8.55. The van der Waals surface area contributed by atoms with Crippen LogP contribution in [0.25, 0.3) is 11.0 Å². The molecule has 0 saturated heterocycles. The van der Waals surface area contributed by atoms with Crippen LogP contribution < -0.4 is 20.1 Å². The van der Waals surface area contributed by atoms with Crippen molar-refractivity contribution in [2.45, 2.75) is 13.0 Å². The number of amides is 1. The highest BCUT2D eigenvalue weighted by Gasteiger charge is 2.36. The number of anilines is 2. The summed E-state index contributed by atoms with van der Waals surface area (Å²) in [7, 11) is 3.15. The van der Waals surface area contributed by atoms with Gasteiger partial charge in [0.25, 0.3) is 5.91 Å². The maximum Gasteiger partial charge on any atom is 0.255 e. The molecule has 0 bridgehead atoms. The first-order valence-electron chi connectivity index (χ1n) is 10.7. The lowest BCUT2D eigenvalue weighted by atomic mass is 9.93. The quantitative estimate of drug-likeness (QED) is 0.434. The minimum Gasteiger partial charge on any atom is -0.493 e. The van der Waals surface area contributed by atoms with E-state index in [1.807, 2.05) is 54.0 Å². The van der Waals surface area contributed by atoms with Crippen molar-refractivity contribution in [3.8, 4) is 11.5 Å². The summed E-state index contributed by atoms with van der Waals surface area (Å²) >= 11 is 0. The van der Waals surface area contributed by atoms with Crippen molar-refractivity contribution < 1.29 is 18.7 Å². The standard InChI is InChI=1S/C26H23FN4O3/c1-15-22(25(32)29-17-13-11-16(27)12-14-17)23(18-7-6-10-21(33-2)24(18)34-3)31-20-9-5-4-8-19(20)30-26(31)28-15/h4-14,23H,1-3H3,(H,28,30)(H,29,32). The van der Waals surface area contributed by atoms with Gasteiger partial charge in [0, 0.05) is 16.9 Å². The van der Waals surface area contributed by atoms with E-state index in [1.54, 1.807) is 14.2 Å². The van der Waals surface area contributed by atoms with Crippen molar-refractivity contribution in [2.75, 3.05) is 24.9 Å². The predicted molar refractivity (Wildman–Crippen MR) is 129 cm³/mol. The Labute approximate surface area is 195 Å². The van der Waals surface area contributed by atoms with Crippen LogP contribution in [0.5, 0.6) is 11.5 Å². The zero-order chi connectivity index (χ0) is 23.8. The Morgan fingerprint density at radius 1 is 1.03 bits per heavy atom. The van der Waals surface area contributed by atoms with Crippen molar-refractivity contribution in [3.63, 3.8) is 0 Å². The van der Waals surface area contributed by atoms with Crippen LogP contribution in [-0.4, -0.2) is 29.7 Å². The van der Waals surface area contributed by atoms with Crippen LogP contribution >= 0.6 is 0 Å². The number of allylic oxidation sites excluding steroid dienone is 1. The average molecular weight is 458 g/mol. The number of ether oxygens (including phenoxy) is 2. The highest BCUT2D eigenvalue weighted by Crippen LogP contribution is 2.45. The van der Waals surface area contributed by atoms with Gasteiger partial charge in [0.15, 0.2) is 11.5 Å². The van der Waals surface area contributed by atoms with Gasteiger partial charge < -0.3 is 20.1 Å². The molecule has 1 amide bonds. The first kappa shape index (κ1) is 21.5. The zero-order valence-corrected chi connectivity index (χ0v) is 18.9. The third-order valence-electron chi connectivity index (χ3n) is 5.91. The molecule has 2 N–H and O–H groups in total. The lowest BCUT2D eigenvalue weighted by Gasteiger charge is -2.31. The minimum absolute atomic E-state index is 0.324. The summed E-state index contributed by atoms with van der Waals surface area (Å²) in [6.45, 7) is 1.84. The molecular weight excluding hydrogens is 435 g/mol. The molecule has 34 heavy (non-hydrogen) atoms. The van der Waals surface area contributed by atoms with Gasteiger partial charge in [-0.15, -0.1) is 0 Å². The normalized spacial score (nSPS) is 15.0. The molecule has 1 aliphatic rings. The first-order chi connectivity index (χ1) is 16.5. The van der Waals surface area contributed by atoms with Crippen LogP contribution in [0.2, 0.25) is 0 Å². The van der Waals surface area contributed by atoms with Crippen LogP contribution in [0.15, 0.2) is 78.0 Å². The molecule has 7 nitrogen and oxygen atoms in total. The SMILES string of the molecule is COc1cccc(C2C(C(=O)Nc3ccc(F)cc3)=C(C)Nc3nc4ccccc4n32)c1OC. The van der Waals surface area contributed by atoms with Gasteiger partial charge in [-0.3, -0.25) is 9.36 Å². The summed E-state index contributed by atoms with van der Waals surface area (Å²) in [5.41, 5.74) is 4.02. The molecule has 0 radical (unpaired) electrons. The number of hydrogen-bond donors (Lipinski definition) is 2. The number of fused-ring (bicyclic) bond motifs is 3. The van der Waals surface area contributed by atoms with E-state index < -0.39 is 6.04 Å². The lowest BCUT2D eigenvalue weighted by Crippen LogP contribution is -2.31. The zero-order valence-electron chi connectivity index (χ0n) is 18.9. The van der Waals surface area contributed by atoms with E-state index in [-0.39, 0.29) is 11.7 Å². The van der Waals surface area contributed by atoms with Gasteiger partial charge in [-0.05, 0) is 49.4 Å². The van der Waals surface area contributed by atoms with Gasteiger partial charge in [0.1, 0.15) is 5.82 Å². The number of carbonyl (C=O) groups excluding carboxylic acids is 1. The van der Waals surface area contributed by atoms with Crippen LogP contribution in [0, 0.1) is 5.82 Å². The molecule has 0 fully saturated rings. The summed E-state index contributed by atoms with van der Waals surface area (Å²) in [5.74, 6) is 1.00. The molecule has 0 saturated carbocycles. The van der Waals surface area contributed by atoms with Gasteiger partial charge in [-0.1, -0.05) is 24.3 Å². The fourth-order valence-electron chi connectivity index (χ4n) is 4.41. The Balaban J connectivity index is 1.71. The maximum atomic E-state index is 13.7. The van der Waals surface area contributed by atoms with Crippen molar-refractivity contribution in [2.24, 2.45) is 0 Å². The molecule has 4 aromatic rings. The number of halogens is 1. The van der Waals surface area contributed by atoms with Gasteiger partial charge >= 0.3 is 0 Å². The Kier molecular flexibility index (Phi) is 5.41. The first-order valence-corrected chi connectivity index (χ1v) is 10.7. The molecule has 0 aliphatic carbocycles. The number of hydrogen-bond acceptors (Lipinski definition) is 5. The second-order valence-electron chi connectivity index (χ2n) is 7.90. The fourth-order valence-corrected chi connectivity index (χ4v) is 4.41. The molecule has 2 heterocycles. The van der Waals surface area contributed by atoms with E-state index in [1.165, 1.54) is 24.3 Å². The van der Waals surface area contributed by atoms with Crippen molar-refractivity contribution in [1.82, 2.24) is 9.55 Å². The predicted octanol–water partition coefficient (Wildman–Crippen LogP) is 5.12. The highest BCUT2D eigenvalue weighted by atomic mass is 19.1. The molecule has 1 aliphatic heterocycles. The third-order valence-corrected chi connectivity index (χ3v) is 5.91. The summed E-state index contributed by atoms with van der Waals surface area (Å²) in [5, 5.41) is 6.18. The Morgan fingerprint density at radius 2 is 1.79 bits per heavy atom. The summed E-state index contributed by atoms with van der Waals surface area (Å²) in [6, 6.07) is 18.4. The largest absolute Gasteiger partial charge is 0.493 e. The maximum absolute atomic E-state index is 13.7. The number of imidazole rings is 1. The van der Waals surface area contributed by atoms with Crippen molar-refractivity contribution in [1.29, 1.82) is 0 Å². The van der Waals surface area contributed by atoms with Crippen LogP contribution in [0.1, 0.15) is 18.5 Å². The van der Waals surface area contributed by atoms with E-state index in [2.05, 4.69) is 10.6 Å². The molecule has 0 spiro atoms. The van der Waals surface area contributed by atoms with Gasteiger partial charge in [0.05, 0.1) is 36.9 Å². The summed E-state index contributed by atoms with van der Waals surface area (Å²) < 4.78 is 26.7. The van der Waals surface area contributed by atoms with E-state index in [0.29, 0.717) is 34.4 Å². The van der Waals surface area contributed by atoms with E-state index in [0.717, 1.165) is 16.6 Å². The molecule has 172 valence electrons. The monoisotopic (exact) mass is 458 g/mol. The minimum atomic E-state index is -0.561. The Hall–Kier alpha value is -4.33. The van der Waals surface area contributed by atoms with E-state index in [9.17, 15) is 9.18 Å². The molecular formula is C26H23FN4O3. The van der Waals surface area contributed by atoms with Crippen LogP contribution in [0.4, 0.5) is 16.0 Å². The Bertz CT molecular complexity index is 1430. The van der Waals surface area contributed by atoms with Crippen molar-refractivity contribution in [3.05, 3.63) is 89.4 Å². The number of nitrogens with one attached hydrogen (secondary N) is 2. The highest BCUT2D eigenvalue weighted by molar-refractivity contribution is 6.06. The lowest BCUT2D eigenvalue weighted by molar-refractivity contribution is -0.113. The smallest absolute Gasteiger partial charge is 0.255 e. The van der Waals surface area contributed by atoms with Crippen LogP contribution in [-0.2, 0) is 4.79 Å². The van der Waals surface area contributed by atoms with Gasteiger partial charge in [0.2, 0.25) is 5.95 Å². The molecule has 1 unspecified atom stereocenters. The number of para-hydroxylation sites is 3. The average Bonchev–Trinajstić information content (AvgIpc) is 3.21. The summed E-state index contributed by atoms with van der Waals surface area (Å²) in [6.07, 6.45) is 0. The van der Waals surface area contributed by atoms with Gasteiger partial charge in [-0.2, -0.15) is 0 Å². The number of methoxy groups -OCH3 is 2. The van der Waals surface area contributed by atoms with E-state index >= 15 is 0 Å². The molecule has 5 rings (SSSR count). The topological polar surface area (TPSA) is 77.4 Å². The number of rotatable bonds is 5. The number of nitrogens with zero attached hydrogens (tertiary/aromatic N) is 2. The Morgan fingerprint density at radius 3 is 2.53 bits per heavy atom. The van der Waals surface area contributed by atoms with Crippen LogP contribution in [0.3, 0.4) is 0 Å². The molecule has 1 atom stereocenters.